The van der Waals surface area contributed by atoms with Crippen molar-refractivity contribution < 1.29 is 28.5 Å². The lowest BCUT2D eigenvalue weighted by Crippen LogP contribution is -2.45. The number of carbonyl (C=O) groups excluding carboxylic acids is 2. The van der Waals surface area contributed by atoms with Gasteiger partial charge in [0.15, 0.2) is 0 Å². The van der Waals surface area contributed by atoms with Crippen LogP contribution < -0.4 is 9.46 Å². The maximum atomic E-state index is 14.6. The Morgan fingerprint density at radius 1 is 0.630 bits per heavy atom. The second-order valence-electron chi connectivity index (χ2n) is 12.6. The van der Waals surface area contributed by atoms with Crippen LogP contribution in [0.5, 0.6) is 0 Å². The van der Waals surface area contributed by atoms with Crippen LogP contribution in [0, 0.1) is 10.4 Å². The molecule has 0 radical (unpaired) electrons. The van der Waals surface area contributed by atoms with Gasteiger partial charge in [-0.2, -0.15) is 9.46 Å². The van der Waals surface area contributed by atoms with Crippen LogP contribution in [0.1, 0.15) is 72.3 Å². The van der Waals surface area contributed by atoms with E-state index in [2.05, 4.69) is 0 Å². The van der Waals surface area contributed by atoms with Gasteiger partial charge in [0, 0.05) is 58.8 Å². The number of nitrogens with zero attached hydrogens (tertiary/aromatic N) is 4. The van der Waals surface area contributed by atoms with Crippen LogP contribution in [0.2, 0.25) is 0 Å². The largest absolute Gasteiger partial charge is 0.617 e. The second-order valence-corrected chi connectivity index (χ2v) is 12.6. The quantitative estimate of drug-likeness (QED) is 0.131. The lowest BCUT2D eigenvalue weighted by molar-refractivity contribution is -0.626. The van der Waals surface area contributed by atoms with E-state index in [1.165, 1.54) is 0 Å². The highest BCUT2D eigenvalue weighted by Gasteiger charge is 2.39. The molecule has 2 aliphatic carbocycles. The summed E-state index contributed by atoms with van der Waals surface area (Å²) in [6.45, 7) is 0. The molecule has 2 fully saturated rings. The van der Waals surface area contributed by atoms with E-state index < -0.39 is 11.9 Å². The predicted molar refractivity (Wildman–Crippen MR) is 173 cm³/mol. The number of carbonyl (C=O) groups is 2. The molecule has 0 N–H and O–H groups in total. The van der Waals surface area contributed by atoms with Crippen molar-refractivity contribution in [3.63, 3.8) is 0 Å². The number of hydrogen-bond acceptors (Lipinski definition) is 6. The van der Waals surface area contributed by atoms with Gasteiger partial charge in [0.1, 0.15) is 23.2 Å². The lowest BCUT2D eigenvalue weighted by Gasteiger charge is -2.16. The van der Waals surface area contributed by atoms with Crippen molar-refractivity contribution in [2.75, 3.05) is 0 Å². The van der Waals surface area contributed by atoms with Crippen molar-refractivity contribution in [3.8, 4) is 11.4 Å². The molecule has 0 spiro atoms. The van der Waals surface area contributed by atoms with Crippen molar-refractivity contribution in [2.24, 2.45) is 14.1 Å². The van der Waals surface area contributed by atoms with E-state index in [1.807, 2.05) is 71.8 Å². The average molecular weight is 619 g/mol. The molecule has 0 atom stereocenters. The minimum atomic E-state index is -0.736. The number of rotatable bonds is 5. The number of aryl methyl sites for hydroxylation is 2. The number of para-hydroxylation sites is 2. The molecule has 2 aliphatic rings. The molecular weight excluding hydrogens is 584 g/mol. The monoisotopic (exact) mass is 618 g/mol. The summed E-state index contributed by atoms with van der Waals surface area (Å²) in [4.78, 5) is 27.4. The molecule has 0 saturated heterocycles. The van der Waals surface area contributed by atoms with Crippen molar-refractivity contribution >= 4 is 55.6 Å². The van der Waals surface area contributed by atoms with Crippen LogP contribution in [0.4, 0.5) is 0 Å². The molecule has 234 valence electrons. The molecule has 0 aliphatic heterocycles. The minimum Gasteiger partial charge on any atom is -0.617 e. The summed E-state index contributed by atoms with van der Waals surface area (Å²) in [6, 6.07) is 18.4. The summed E-state index contributed by atoms with van der Waals surface area (Å²) < 4.78 is 16.4. The van der Waals surface area contributed by atoms with Gasteiger partial charge in [0.25, 0.3) is 0 Å². The molecule has 4 heterocycles. The van der Waals surface area contributed by atoms with Gasteiger partial charge in [0.05, 0.1) is 0 Å². The lowest BCUT2D eigenvalue weighted by atomic mass is 10.1. The first-order valence-electron chi connectivity index (χ1n) is 16.0. The van der Waals surface area contributed by atoms with E-state index >= 15 is 0 Å². The normalized spacial score (nSPS) is 16.0. The Morgan fingerprint density at radius 3 is 1.39 bits per heavy atom. The number of benzene rings is 2. The van der Waals surface area contributed by atoms with Gasteiger partial charge in [-0.1, -0.05) is 36.4 Å². The fourth-order valence-corrected chi connectivity index (χ4v) is 7.67. The third-order valence-electron chi connectivity index (χ3n) is 9.94. The molecule has 0 bridgehead atoms. The molecule has 2 saturated carbocycles. The van der Waals surface area contributed by atoms with E-state index in [0.29, 0.717) is 31.3 Å². The SMILES string of the molecule is Cn1c2ccccc2c2cc(C(=O)OC3CCCC3)[n+]([O-])c(-c3c4c(cc(C(=O)OC5CCCC5)[n+]3[O-])c3ccccc3n4C)c21. The number of hydrogen-bond donors (Lipinski definition) is 0. The number of pyridine rings is 2. The molecule has 10 heteroatoms. The molecule has 4 aromatic heterocycles. The van der Waals surface area contributed by atoms with Gasteiger partial charge in [0.2, 0.25) is 0 Å². The topological polar surface area (TPSA) is 116 Å². The van der Waals surface area contributed by atoms with E-state index in [9.17, 15) is 20.0 Å². The van der Waals surface area contributed by atoms with Crippen molar-refractivity contribution in [2.45, 2.75) is 63.6 Å². The molecule has 2 aromatic carbocycles. The Balaban J connectivity index is 1.48. The molecule has 6 aromatic rings. The Bertz CT molecular complexity index is 2060. The standard InChI is InChI=1S/C36H34N4O6/c1-37-27-17-9-7-15-23(27)25-19-29(35(41)45-21-11-3-4-12-21)39(43)33(31(25)37)34-32-26(24-16-8-10-18-28(24)38(32)2)20-30(40(34)44)36(42)46-22-13-5-6-14-22/h7-10,15-22H,3-6,11-14H2,1-2H3. The average Bonchev–Trinajstić information content (AvgIpc) is 3.87. The number of esters is 2. The zero-order valence-electron chi connectivity index (χ0n) is 25.8. The summed E-state index contributed by atoms with van der Waals surface area (Å²) in [7, 11) is 3.66. The van der Waals surface area contributed by atoms with Gasteiger partial charge in [-0.05, 0) is 63.5 Å². The fraction of sp³-hybridized carbons (Fsp3) is 0.333. The van der Waals surface area contributed by atoms with Gasteiger partial charge in [-0.3, -0.25) is 0 Å². The zero-order valence-corrected chi connectivity index (χ0v) is 25.8. The van der Waals surface area contributed by atoms with Crippen LogP contribution in [-0.4, -0.2) is 33.3 Å². The number of aromatic nitrogens is 4. The van der Waals surface area contributed by atoms with Gasteiger partial charge in [-0.25, -0.2) is 9.59 Å². The van der Waals surface area contributed by atoms with Crippen LogP contribution in [0.3, 0.4) is 0 Å². The van der Waals surface area contributed by atoms with Gasteiger partial charge >= 0.3 is 34.7 Å². The van der Waals surface area contributed by atoms with Crippen LogP contribution in [0.15, 0.2) is 60.7 Å². The Labute approximate surface area is 264 Å². The first kappa shape index (κ1) is 28.4. The summed E-state index contributed by atoms with van der Waals surface area (Å²) >= 11 is 0. The maximum Gasteiger partial charge on any atom is 0.405 e. The highest BCUT2D eigenvalue weighted by atomic mass is 16.6. The van der Waals surface area contributed by atoms with Gasteiger partial charge < -0.3 is 29.0 Å². The van der Waals surface area contributed by atoms with Crippen molar-refractivity contribution in [1.82, 2.24) is 9.13 Å². The van der Waals surface area contributed by atoms with Crippen molar-refractivity contribution in [3.05, 3.63) is 82.5 Å². The first-order chi connectivity index (χ1) is 22.3. The summed E-state index contributed by atoms with van der Waals surface area (Å²) in [5.74, 6) is -1.47. The van der Waals surface area contributed by atoms with Crippen LogP contribution >= 0.6 is 0 Å². The predicted octanol–water partition coefficient (Wildman–Crippen LogP) is 6.11. The molecule has 0 amide bonds. The van der Waals surface area contributed by atoms with E-state index in [0.717, 1.165) is 73.2 Å². The summed E-state index contributed by atoms with van der Waals surface area (Å²) in [5.41, 5.74) is 2.09. The molecule has 10 nitrogen and oxygen atoms in total. The fourth-order valence-electron chi connectivity index (χ4n) is 7.67. The third-order valence-corrected chi connectivity index (χ3v) is 9.94. The third kappa shape index (κ3) is 4.23. The second kappa shape index (κ2) is 10.8. The Morgan fingerprint density at radius 2 is 1.00 bits per heavy atom. The Kier molecular flexibility index (Phi) is 6.63. The highest BCUT2D eigenvalue weighted by molar-refractivity contribution is 6.16. The van der Waals surface area contributed by atoms with E-state index in [4.69, 9.17) is 9.47 Å². The highest BCUT2D eigenvalue weighted by Crippen LogP contribution is 2.39. The number of ether oxygens (including phenoxy) is 2. The zero-order chi connectivity index (χ0) is 31.7. The minimum absolute atomic E-state index is 0.0315. The number of fused-ring (bicyclic) bond motifs is 6. The molecular formula is C36H34N4O6. The van der Waals surface area contributed by atoms with Crippen LogP contribution in [-0.2, 0) is 23.6 Å². The van der Waals surface area contributed by atoms with Crippen molar-refractivity contribution in [1.29, 1.82) is 0 Å². The Hall–Kier alpha value is -5.12. The van der Waals surface area contributed by atoms with Crippen LogP contribution in [0.25, 0.3) is 55.0 Å². The first-order valence-corrected chi connectivity index (χ1v) is 16.0. The molecule has 46 heavy (non-hydrogen) atoms. The molecule has 8 rings (SSSR count). The van der Waals surface area contributed by atoms with E-state index in [1.54, 1.807) is 12.1 Å². The smallest absolute Gasteiger partial charge is 0.405 e. The summed E-state index contributed by atoms with van der Waals surface area (Å²) in [6.07, 6.45) is 6.30. The summed E-state index contributed by atoms with van der Waals surface area (Å²) in [5, 5.41) is 32.2. The van der Waals surface area contributed by atoms with Gasteiger partial charge in [-0.15, -0.1) is 0 Å². The molecule has 0 unspecified atom stereocenters. The van der Waals surface area contributed by atoms with E-state index in [-0.39, 0.29) is 35.0 Å². The maximum absolute atomic E-state index is 14.6.